The Morgan fingerprint density at radius 1 is 0.296 bits per heavy atom. The molecule has 0 N–H and O–H groups in total. The van der Waals surface area contributed by atoms with Gasteiger partial charge in [-0.15, -0.1) is 0 Å². The van der Waals surface area contributed by atoms with E-state index in [4.69, 9.17) is 0 Å². The fraction of sp³-hybridized carbons (Fsp3) is 0. The highest BCUT2D eigenvalue weighted by Crippen LogP contribution is 2.41. The quantitative estimate of drug-likeness (QED) is 0.162. The molecule has 0 aliphatic rings. The van der Waals surface area contributed by atoms with E-state index in [1.165, 1.54) is 71.6 Å². The molecule has 0 unspecified atom stereocenters. The molecule has 0 bridgehead atoms. The van der Waals surface area contributed by atoms with Gasteiger partial charge in [0.25, 0.3) is 0 Å². The van der Waals surface area contributed by atoms with Gasteiger partial charge in [-0.2, -0.15) is 0 Å². The van der Waals surface area contributed by atoms with Crippen molar-refractivity contribution >= 4 is 49.6 Å². The maximum atomic E-state index is 2.40. The van der Waals surface area contributed by atoms with Crippen LogP contribution in [0.15, 0.2) is 218 Å². The van der Waals surface area contributed by atoms with Crippen molar-refractivity contribution in [2.45, 2.75) is 0 Å². The first-order valence-electron chi connectivity index (χ1n) is 18.5. The highest BCUT2D eigenvalue weighted by Gasteiger charge is 2.17. The van der Waals surface area contributed by atoms with E-state index in [1.807, 2.05) is 0 Å². The maximum absolute atomic E-state index is 2.40. The molecule has 0 saturated carbocycles. The number of rotatable bonds is 7. The molecule has 0 saturated heterocycles. The molecule has 0 amide bonds. The van der Waals surface area contributed by atoms with Gasteiger partial charge < -0.3 is 9.47 Å². The predicted molar refractivity (Wildman–Crippen MR) is 229 cm³/mol. The Morgan fingerprint density at radius 2 is 0.889 bits per heavy atom. The first kappa shape index (κ1) is 31.6. The van der Waals surface area contributed by atoms with Gasteiger partial charge in [0, 0.05) is 33.5 Å². The van der Waals surface area contributed by atoms with Gasteiger partial charge in [0.05, 0.1) is 11.0 Å². The highest BCUT2D eigenvalue weighted by atomic mass is 15.1. The SMILES string of the molecule is c1ccc(-c2cccc(N(c3ccccc3)c3ccc(-c4ccccc4-c4ccc5c(c4)c4ccccc4n5-c4ccc5ccccc5c4)cc3)c2)cc1. The van der Waals surface area contributed by atoms with Crippen molar-refractivity contribution in [2.75, 3.05) is 4.90 Å². The van der Waals surface area contributed by atoms with Gasteiger partial charge in [-0.05, 0) is 111 Å². The van der Waals surface area contributed by atoms with Crippen molar-refractivity contribution in [3.63, 3.8) is 0 Å². The Morgan fingerprint density at radius 3 is 1.70 bits per heavy atom. The zero-order valence-corrected chi connectivity index (χ0v) is 29.7. The third-order valence-corrected chi connectivity index (χ3v) is 10.6. The summed E-state index contributed by atoms with van der Waals surface area (Å²) < 4.78 is 2.40. The van der Waals surface area contributed by atoms with Crippen LogP contribution in [-0.2, 0) is 0 Å². The van der Waals surface area contributed by atoms with E-state index in [1.54, 1.807) is 0 Å². The van der Waals surface area contributed by atoms with E-state index in [-0.39, 0.29) is 0 Å². The largest absolute Gasteiger partial charge is 0.310 e. The van der Waals surface area contributed by atoms with Crippen LogP contribution in [0.5, 0.6) is 0 Å². The van der Waals surface area contributed by atoms with Gasteiger partial charge in [0.2, 0.25) is 0 Å². The fourth-order valence-electron chi connectivity index (χ4n) is 7.99. The molecular formula is C52H36N2. The second-order valence-corrected chi connectivity index (χ2v) is 13.8. The summed E-state index contributed by atoms with van der Waals surface area (Å²) in [6.45, 7) is 0. The van der Waals surface area contributed by atoms with E-state index in [9.17, 15) is 0 Å². The van der Waals surface area contributed by atoms with Crippen LogP contribution in [0.1, 0.15) is 0 Å². The normalized spacial score (nSPS) is 11.3. The van der Waals surface area contributed by atoms with E-state index in [0.717, 1.165) is 17.1 Å². The molecule has 254 valence electrons. The standard InChI is InChI=1S/C52H36N2/c1-3-14-37(15-4-1)41-18-13-21-45(34-41)53(43-19-5-2-6-20-43)44-30-27-39(28-31-44)47-22-9-10-23-48(47)42-29-33-52-50(36-42)49-24-11-12-25-51(49)54(52)46-32-26-38-16-7-8-17-40(38)35-46/h1-36H. The lowest BCUT2D eigenvalue weighted by atomic mass is 9.93. The van der Waals surface area contributed by atoms with Crippen molar-refractivity contribution in [2.24, 2.45) is 0 Å². The summed E-state index contributed by atoms with van der Waals surface area (Å²) in [5.74, 6) is 0. The monoisotopic (exact) mass is 688 g/mol. The smallest absolute Gasteiger partial charge is 0.0541 e. The Hall–Kier alpha value is -7.16. The molecule has 0 atom stereocenters. The molecule has 9 aromatic carbocycles. The molecular weight excluding hydrogens is 653 g/mol. The summed E-state index contributed by atoms with van der Waals surface area (Å²) in [7, 11) is 0. The van der Waals surface area contributed by atoms with Gasteiger partial charge in [0.1, 0.15) is 0 Å². The average Bonchev–Trinajstić information content (AvgIpc) is 3.58. The lowest BCUT2D eigenvalue weighted by Gasteiger charge is -2.26. The Labute approximate surface area is 315 Å². The van der Waals surface area contributed by atoms with Crippen molar-refractivity contribution in [3.8, 4) is 39.1 Å². The summed E-state index contributed by atoms with van der Waals surface area (Å²) in [5, 5.41) is 4.99. The van der Waals surface area contributed by atoms with Crippen molar-refractivity contribution in [1.29, 1.82) is 0 Å². The van der Waals surface area contributed by atoms with Gasteiger partial charge in [-0.3, -0.25) is 0 Å². The predicted octanol–water partition coefficient (Wildman–Crippen LogP) is 14.4. The van der Waals surface area contributed by atoms with Crippen LogP contribution in [0.2, 0.25) is 0 Å². The lowest BCUT2D eigenvalue weighted by molar-refractivity contribution is 1.19. The number of aromatic nitrogens is 1. The average molecular weight is 689 g/mol. The van der Waals surface area contributed by atoms with Crippen LogP contribution < -0.4 is 4.90 Å². The number of hydrogen-bond donors (Lipinski definition) is 0. The minimum Gasteiger partial charge on any atom is -0.310 e. The second-order valence-electron chi connectivity index (χ2n) is 13.8. The molecule has 2 nitrogen and oxygen atoms in total. The molecule has 1 heterocycles. The molecule has 10 rings (SSSR count). The van der Waals surface area contributed by atoms with Gasteiger partial charge in [-0.1, -0.05) is 152 Å². The Bertz CT molecular complexity index is 2920. The summed E-state index contributed by atoms with van der Waals surface area (Å²) in [4.78, 5) is 2.33. The number of benzene rings is 9. The molecule has 54 heavy (non-hydrogen) atoms. The van der Waals surface area contributed by atoms with Crippen LogP contribution in [0.3, 0.4) is 0 Å². The summed E-state index contributed by atoms with van der Waals surface area (Å²) in [6, 6.07) is 78.8. The van der Waals surface area contributed by atoms with E-state index >= 15 is 0 Å². The van der Waals surface area contributed by atoms with E-state index < -0.39 is 0 Å². The van der Waals surface area contributed by atoms with E-state index in [0.29, 0.717) is 0 Å². The topological polar surface area (TPSA) is 8.17 Å². The number of nitrogens with zero attached hydrogens (tertiary/aromatic N) is 2. The molecule has 0 spiro atoms. The zero-order valence-electron chi connectivity index (χ0n) is 29.7. The number of para-hydroxylation sites is 2. The van der Waals surface area contributed by atoms with Crippen LogP contribution in [0, 0.1) is 0 Å². The third-order valence-electron chi connectivity index (χ3n) is 10.6. The van der Waals surface area contributed by atoms with Crippen molar-refractivity contribution < 1.29 is 0 Å². The van der Waals surface area contributed by atoms with Crippen molar-refractivity contribution in [1.82, 2.24) is 4.57 Å². The summed E-state index contributed by atoms with van der Waals surface area (Å²) in [5.41, 5.74) is 14.1. The second kappa shape index (κ2) is 13.4. The molecule has 0 fully saturated rings. The summed E-state index contributed by atoms with van der Waals surface area (Å²) >= 11 is 0. The minimum atomic E-state index is 1.11. The first-order chi connectivity index (χ1) is 26.8. The third kappa shape index (κ3) is 5.62. The van der Waals surface area contributed by atoms with Crippen LogP contribution >= 0.6 is 0 Å². The van der Waals surface area contributed by atoms with Gasteiger partial charge in [-0.25, -0.2) is 0 Å². The van der Waals surface area contributed by atoms with Gasteiger partial charge in [0.15, 0.2) is 0 Å². The minimum absolute atomic E-state index is 1.11. The van der Waals surface area contributed by atoms with Crippen LogP contribution in [-0.4, -0.2) is 4.57 Å². The molecule has 10 aromatic rings. The lowest BCUT2D eigenvalue weighted by Crippen LogP contribution is -2.09. The molecule has 1 aromatic heterocycles. The van der Waals surface area contributed by atoms with E-state index in [2.05, 4.69) is 228 Å². The number of anilines is 3. The Balaban J connectivity index is 1.05. The van der Waals surface area contributed by atoms with Crippen LogP contribution in [0.25, 0.3) is 71.6 Å². The maximum Gasteiger partial charge on any atom is 0.0541 e. The van der Waals surface area contributed by atoms with Crippen molar-refractivity contribution in [3.05, 3.63) is 218 Å². The first-order valence-corrected chi connectivity index (χ1v) is 18.5. The molecule has 0 radical (unpaired) electrons. The molecule has 0 aliphatic heterocycles. The zero-order chi connectivity index (χ0) is 35.8. The molecule has 0 aliphatic carbocycles. The molecule has 2 heteroatoms. The Kier molecular flexibility index (Phi) is 7.85. The number of hydrogen-bond acceptors (Lipinski definition) is 1. The van der Waals surface area contributed by atoms with Gasteiger partial charge >= 0.3 is 0 Å². The summed E-state index contributed by atoms with van der Waals surface area (Å²) in [6.07, 6.45) is 0. The fourth-order valence-corrected chi connectivity index (χ4v) is 7.99. The number of fused-ring (bicyclic) bond motifs is 4. The van der Waals surface area contributed by atoms with Crippen LogP contribution in [0.4, 0.5) is 17.1 Å². The highest BCUT2D eigenvalue weighted by molar-refractivity contribution is 6.11.